The molecule has 0 amide bonds. The lowest BCUT2D eigenvalue weighted by molar-refractivity contribution is 0.466. The highest BCUT2D eigenvalue weighted by Gasteiger charge is 2.14. The number of hydrogen-bond acceptors (Lipinski definition) is 4. The van der Waals surface area contributed by atoms with Gasteiger partial charge in [-0.3, -0.25) is 4.72 Å². The number of hydrogen-bond donors (Lipinski definition) is 2. The van der Waals surface area contributed by atoms with Crippen molar-refractivity contribution in [3.8, 4) is 5.75 Å². The van der Waals surface area contributed by atoms with Gasteiger partial charge in [-0.2, -0.15) is 0 Å². The molecule has 5 nitrogen and oxygen atoms in total. The number of anilines is 1. The molecule has 0 bridgehead atoms. The second-order valence-corrected chi connectivity index (χ2v) is 8.23. The van der Waals surface area contributed by atoms with Gasteiger partial charge in [0.15, 0.2) is 0 Å². The molecule has 1 aromatic heterocycles. The fourth-order valence-corrected chi connectivity index (χ4v) is 3.94. The van der Waals surface area contributed by atoms with Gasteiger partial charge in [0.2, 0.25) is 0 Å². The van der Waals surface area contributed by atoms with Gasteiger partial charge in [0.05, 0.1) is 4.90 Å². The number of nitrogens with one attached hydrogen (secondary N) is 1. The fourth-order valence-electron chi connectivity index (χ4n) is 2.93. The lowest BCUT2D eigenvalue weighted by Crippen LogP contribution is -2.13. The summed E-state index contributed by atoms with van der Waals surface area (Å²) in [6, 6.07) is 15.9. The minimum atomic E-state index is -3.65. The molecule has 3 rings (SSSR count). The summed E-state index contributed by atoms with van der Waals surface area (Å²) in [5, 5.41) is 9.86. The Balaban J connectivity index is 1.68. The van der Waals surface area contributed by atoms with Crippen molar-refractivity contribution in [1.82, 2.24) is 4.98 Å². The maximum absolute atomic E-state index is 12.4. The zero-order valence-electron chi connectivity index (χ0n) is 15.3. The van der Waals surface area contributed by atoms with Gasteiger partial charge < -0.3 is 5.11 Å². The van der Waals surface area contributed by atoms with E-state index < -0.39 is 10.0 Å². The van der Waals surface area contributed by atoms with Crippen molar-refractivity contribution in [3.05, 3.63) is 83.0 Å². The predicted octanol–water partition coefficient (Wildman–Crippen LogP) is 3.99. The molecule has 0 radical (unpaired) electrons. The van der Waals surface area contributed by atoms with Crippen LogP contribution in [0.3, 0.4) is 0 Å². The molecule has 2 N–H and O–H groups in total. The van der Waals surface area contributed by atoms with E-state index in [0.29, 0.717) is 11.6 Å². The summed E-state index contributed by atoms with van der Waals surface area (Å²) in [6.07, 6.45) is 3.14. The molecular formula is C21H22N2O3S. The van der Waals surface area contributed by atoms with Gasteiger partial charge in [0.25, 0.3) is 10.0 Å². The third-order valence-electron chi connectivity index (χ3n) is 4.39. The van der Waals surface area contributed by atoms with Gasteiger partial charge >= 0.3 is 0 Å². The van der Waals surface area contributed by atoms with Crippen LogP contribution >= 0.6 is 0 Å². The molecule has 1 heterocycles. The number of sulfonamides is 1. The Hall–Kier alpha value is -2.86. The van der Waals surface area contributed by atoms with Crippen LogP contribution in [0.15, 0.2) is 65.7 Å². The van der Waals surface area contributed by atoms with Crippen LogP contribution in [0.1, 0.15) is 22.3 Å². The maximum Gasteiger partial charge on any atom is 0.263 e. The number of phenols is 1. The quantitative estimate of drug-likeness (QED) is 0.676. The first-order valence-electron chi connectivity index (χ1n) is 8.67. The number of aromatic hydroxyl groups is 1. The molecule has 0 unspecified atom stereocenters. The number of benzene rings is 2. The molecule has 27 heavy (non-hydrogen) atoms. The number of aromatic nitrogens is 1. The lowest BCUT2D eigenvalue weighted by Gasteiger charge is -2.09. The molecule has 140 valence electrons. The zero-order valence-corrected chi connectivity index (χ0v) is 16.1. The number of rotatable bonds is 6. The van der Waals surface area contributed by atoms with E-state index in [9.17, 15) is 13.5 Å². The summed E-state index contributed by atoms with van der Waals surface area (Å²) >= 11 is 0. The average Bonchev–Trinajstić information content (AvgIpc) is 2.65. The largest absolute Gasteiger partial charge is 0.507 e. The average molecular weight is 382 g/mol. The molecule has 0 saturated heterocycles. The van der Waals surface area contributed by atoms with Gasteiger partial charge in [-0.1, -0.05) is 30.3 Å². The van der Waals surface area contributed by atoms with Crippen molar-refractivity contribution < 1.29 is 13.5 Å². The Morgan fingerprint density at radius 1 is 0.926 bits per heavy atom. The first-order chi connectivity index (χ1) is 12.8. The second-order valence-electron chi connectivity index (χ2n) is 6.54. The van der Waals surface area contributed by atoms with E-state index in [1.165, 1.54) is 6.20 Å². The van der Waals surface area contributed by atoms with Crippen LogP contribution in [0.5, 0.6) is 5.75 Å². The molecule has 0 saturated carbocycles. The normalized spacial score (nSPS) is 11.3. The Kier molecular flexibility index (Phi) is 5.46. The second kappa shape index (κ2) is 7.80. The third-order valence-corrected chi connectivity index (χ3v) is 5.76. The highest BCUT2D eigenvalue weighted by Crippen LogP contribution is 2.24. The van der Waals surface area contributed by atoms with E-state index in [-0.39, 0.29) is 4.90 Å². The van der Waals surface area contributed by atoms with Crippen LogP contribution in [-0.2, 0) is 22.9 Å². The van der Waals surface area contributed by atoms with E-state index in [4.69, 9.17) is 0 Å². The Morgan fingerprint density at radius 2 is 1.56 bits per heavy atom. The molecule has 0 atom stereocenters. The molecule has 0 fully saturated rings. The van der Waals surface area contributed by atoms with Crippen molar-refractivity contribution in [3.63, 3.8) is 0 Å². The summed E-state index contributed by atoms with van der Waals surface area (Å²) < 4.78 is 27.3. The minimum Gasteiger partial charge on any atom is -0.507 e. The SMILES string of the molecule is Cc1cc(CCc2ccc(S(=O)(=O)Nc3ccccn3)cc2)cc(C)c1O. The summed E-state index contributed by atoms with van der Waals surface area (Å²) in [7, 11) is -3.65. The number of pyridine rings is 1. The van der Waals surface area contributed by atoms with Crippen molar-refractivity contribution in [2.75, 3.05) is 4.72 Å². The highest BCUT2D eigenvalue weighted by atomic mass is 32.2. The standard InChI is InChI=1S/C21H22N2O3S/c1-15-13-18(14-16(2)21(15)24)7-6-17-8-10-19(11-9-17)27(25,26)23-20-5-3-4-12-22-20/h3-5,8-14,24H,6-7H2,1-2H3,(H,22,23). The van der Waals surface area contributed by atoms with Crippen LogP contribution in [0.2, 0.25) is 0 Å². The van der Waals surface area contributed by atoms with E-state index >= 15 is 0 Å². The van der Waals surface area contributed by atoms with Crippen molar-refractivity contribution in [2.24, 2.45) is 0 Å². The molecule has 6 heteroatoms. The topological polar surface area (TPSA) is 79.3 Å². The highest BCUT2D eigenvalue weighted by molar-refractivity contribution is 7.92. The summed E-state index contributed by atoms with van der Waals surface area (Å²) in [4.78, 5) is 4.18. The molecule has 2 aromatic carbocycles. The summed E-state index contributed by atoms with van der Waals surface area (Å²) in [5.41, 5.74) is 3.94. The van der Waals surface area contributed by atoms with Crippen LogP contribution in [0.4, 0.5) is 5.82 Å². The Labute approximate surface area is 159 Å². The van der Waals surface area contributed by atoms with E-state index in [2.05, 4.69) is 9.71 Å². The monoisotopic (exact) mass is 382 g/mol. The van der Waals surface area contributed by atoms with E-state index in [1.54, 1.807) is 30.3 Å². The minimum absolute atomic E-state index is 0.202. The van der Waals surface area contributed by atoms with Gasteiger partial charge in [-0.05, 0) is 73.2 Å². The fraction of sp³-hybridized carbons (Fsp3) is 0.190. The van der Waals surface area contributed by atoms with Gasteiger partial charge in [-0.25, -0.2) is 13.4 Å². The Morgan fingerprint density at radius 3 is 2.15 bits per heavy atom. The molecule has 3 aromatic rings. The third kappa shape index (κ3) is 4.65. The number of phenolic OH excluding ortho intramolecular Hbond substituents is 1. The first-order valence-corrected chi connectivity index (χ1v) is 10.2. The van der Waals surface area contributed by atoms with Crippen LogP contribution in [-0.4, -0.2) is 18.5 Å². The smallest absolute Gasteiger partial charge is 0.263 e. The van der Waals surface area contributed by atoms with Crippen LogP contribution in [0.25, 0.3) is 0 Å². The lowest BCUT2D eigenvalue weighted by atomic mass is 10.00. The van der Waals surface area contributed by atoms with Crippen LogP contribution < -0.4 is 4.72 Å². The van der Waals surface area contributed by atoms with Gasteiger partial charge in [0.1, 0.15) is 11.6 Å². The number of nitrogens with zero attached hydrogens (tertiary/aromatic N) is 1. The predicted molar refractivity (Wildman–Crippen MR) is 106 cm³/mol. The molecule has 0 aliphatic carbocycles. The van der Waals surface area contributed by atoms with E-state index in [0.717, 1.165) is 35.1 Å². The molecular weight excluding hydrogens is 360 g/mol. The van der Waals surface area contributed by atoms with Gasteiger partial charge in [-0.15, -0.1) is 0 Å². The number of aryl methyl sites for hydroxylation is 4. The van der Waals surface area contributed by atoms with Crippen LogP contribution in [0, 0.1) is 13.8 Å². The Bertz CT molecular complexity index is 1010. The van der Waals surface area contributed by atoms with Gasteiger partial charge in [0, 0.05) is 6.20 Å². The maximum atomic E-state index is 12.4. The van der Waals surface area contributed by atoms with Crippen molar-refractivity contribution in [2.45, 2.75) is 31.6 Å². The summed E-state index contributed by atoms with van der Waals surface area (Å²) in [6.45, 7) is 3.78. The van der Waals surface area contributed by atoms with Crippen molar-refractivity contribution in [1.29, 1.82) is 0 Å². The summed E-state index contributed by atoms with van der Waals surface area (Å²) in [5.74, 6) is 0.633. The zero-order chi connectivity index (χ0) is 19.4. The molecule has 0 aliphatic heterocycles. The van der Waals surface area contributed by atoms with Crippen molar-refractivity contribution >= 4 is 15.8 Å². The molecule has 0 spiro atoms. The molecule has 0 aliphatic rings. The van der Waals surface area contributed by atoms with E-state index in [1.807, 2.05) is 38.1 Å². The first kappa shape index (κ1) is 18.9.